The molecule has 0 bridgehead atoms. The summed E-state index contributed by atoms with van der Waals surface area (Å²) in [5.41, 5.74) is 1.21. The lowest BCUT2D eigenvalue weighted by Crippen LogP contribution is -2.44. The zero-order valence-electron chi connectivity index (χ0n) is 11.3. The maximum Gasteiger partial charge on any atom is 0.322 e. The van der Waals surface area contributed by atoms with Crippen molar-refractivity contribution in [3.05, 3.63) is 34.9 Å². The number of imide groups is 1. The summed E-state index contributed by atoms with van der Waals surface area (Å²) in [6.45, 7) is 3.76. The van der Waals surface area contributed by atoms with E-state index >= 15 is 0 Å². The van der Waals surface area contributed by atoms with Crippen molar-refractivity contribution in [2.75, 3.05) is 0 Å². The van der Waals surface area contributed by atoms with Crippen LogP contribution in [-0.4, -0.2) is 23.0 Å². The van der Waals surface area contributed by atoms with Gasteiger partial charge in [0.1, 0.15) is 5.54 Å². The number of rotatable bonds is 4. The lowest BCUT2D eigenvalue weighted by atomic mass is 9.82. The first-order valence-corrected chi connectivity index (χ1v) is 6.28. The molecule has 3 amide bonds. The van der Waals surface area contributed by atoms with E-state index in [1.165, 1.54) is 0 Å². The van der Waals surface area contributed by atoms with Crippen LogP contribution in [0.1, 0.15) is 29.5 Å². The van der Waals surface area contributed by atoms with Gasteiger partial charge >= 0.3 is 12.0 Å². The molecule has 106 valence electrons. The second-order valence-corrected chi connectivity index (χ2v) is 5.03. The molecular weight excluding hydrogens is 260 g/mol. The largest absolute Gasteiger partial charge is 0.481 e. The zero-order chi connectivity index (χ0) is 14.9. The van der Waals surface area contributed by atoms with Crippen molar-refractivity contribution in [3.8, 4) is 0 Å². The Bertz CT molecular complexity index is 597. The van der Waals surface area contributed by atoms with Crippen molar-refractivity contribution in [2.24, 2.45) is 0 Å². The molecular formula is C14H16N2O4. The number of hydrogen-bond acceptors (Lipinski definition) is 3. The number of benzene rings is 1. The second-order valence-electron chi connectivity index (χ2n) is 5.03. The van der Waals surface area contributed by atoms with Crippen molar-refractivity contribution in [2.45, 2.75) is 32.2 Å². The third kappa shape index (κ3) is 2.36. The quantitative estimate of drug-likeness (QED) is 0.720. The molecule has 1 aliphatic rings. The Morgan fingerprint density at radius 1 is 1.30 bits per heavy atom. The van der Waals surface area contributed by atoms with Gasteiger partial charge in [-0.2, -0.15) is 0 Å². The molecule has 1 aromatic rings. The highest BCUT2D eigenvalue weighted by atomic mass is 16.4. The number of nitrogens with one attached hydrogen (secondary N) is 2. The van der Waals surface area contributed by atoms with Crippen molar-refractivity contribution < 1.29 is 19.5 Å². The van der Waals surface area contributed by atoms with Gasteiger partial charge in [0.2, 0.25) is 0 Å². The number of carboxylic acid groups (broad SMARTS) is 1. The highest BCUT2D eigenvalue weighted by molar-refractivity contribution is 6.07. The minimum absolute atomic E-state index is 0.0177. The molecule has 0 spiro atoms. The van der Waals surface area contributed by atoms with E-state index in [9.17, 15) is 14.4 Å². The van der Waals surface area contributed by atoms with Crippen LogP contribution >= 0.6 is 0 Å². The van der Waals surface area contributed by atoms with Gasteiger partial charge < -0.3 is 10.4 Å². The van der Waals surface area contributed by atoms with E-state index < -0.39 is 23.4 Å². The Morgan fingerprint density at radius 2 is 2.00 bits per heavy atom. The number of carboxylic acids is 1. The van der Waals surface area contributed by atoms with Crippen LogP contribution < -0.4 is 10.6 Å². The lowest BCUT2D eigenvalue weighted by Gasteiger charge is -2.27. The maximum atomic E-state index is 12.2. The van der Waals surface area contributed by atoms with E-state index in [1.54, 1.807) is 6.07 Å². The Morgan fingerprint density at radius 3 is 2.50 bits per heavy atom. The average Bonchev–Trinajstić information content (AvgIpc) is 2.62. The first-order valence-electron chi connectivity index (χ1n) is 6.28. The molecule has 1 aliphatic heterocycles. The summed E-state index contributed by atoms with van der Waals surface area (Å²) in [5, 5.41) is 13.6. The zero-order valence-corrected chi connectivity index (χ0v) is 11.3. The molecule has 0 aliphatic carbocycles. The van der Waals surface area contributed by atoms with Gasteiger partial charge in [-0.1, -0.05) is 23.8 Å². The first kappa shape index (κ1) is 14.0. The van der Waals surface area contributed by atoms with E-state index in [0.29, 0.717) is 5.56 Å². The summed E-state index contributed by atoms with van der Waals surface area (Å²) >= 11 is 0. The number of urea groups is 1. The Labute approximate surface area is 116 Å². The molecule has 1 unspecified atom stereocenters. The maximum absolute atomic E-state index is 12.2. The summed E-state index contributed by atoms with van der Waals surface area (Å²) in [7, 11) is 0. The molecule has 1 aromatic carbocycles. The van der Waals surface area contributed by atoms with Gasteiger partial charge in [-0.15, -0.1) is 0 Å². The van der Waals surface area contributed by atoms with Gasteiger partial charge in [0.05, 0.1) is 0 Å². The van der Waals surface area contributed by atoms with Crippen LogP contribution in [0, 0.1) is 13.8 Å². The summed E-state index contributed by atoms with van der Waals surface area (Å²) in [5.74, 6) is -1.52. The number of carbonyl (C=O) groups excluding carboxylic acids is 2. The molecule has 0 saturated carbocycles. The first-order chi connectivity index (χ1) is 9.35. The molecule has 0 aromatic heterocycles. The van der Waals surface area contributed by atoms with E-state index in [2.05, 4.69) is 10.6 Å². The molecule has 1 saturated heterocycles. The fraction of sp³-hybridized carbons (Fsp3) is 0.357. The minimum atomic E-state index is -1.30. The number of hydrogen-bond donors (Lipinski definition) is 3. The molecule has 1 atom stereocenters. The van der Waals surface area contributed by atoms with E-state index in [-0.39, 0.29) is 12.8 Å². The Kier molecular flexibility index (Phi) is 3.48. The predicted octanol–water partition coefficient (Wildman–Crippen LogP) is 1.20. The van der Waals surface area contributed by atoms with Gasteiger partial charge in [-0.25, -0.2) is 4.79 Å². The van der Waals surface area contributed by atoms with Crippen molar-refractivity contribution in [3.63, 3.8) is 0 Å². The number of carbonyl (C=O) groups is 3. The van der Waals surface area contributed by atoms with Crippen LogP contribution in [0.4, 0.5) is 4.79 Å². The predicted molar refractivity (Wildman–Crippen MR) is 71.1 cm³/mol. The fourth-order valence-electron chi connectivity index (χ4n) is 2.58. The monoisotopic (exact) mass is 276 g/mol. The third-order valence-corrected chi connectivity index (χ3v) is 3.50. The van der Waals surface area contributed by atoms with Crippen molar-refractivity contribution in [1.82, 2.24) is 10.6 Å². The van der Waals surface area contributed by atoms with Gasteiger partial charge in [0, 0.05) is 6.42 Å². The molecule has 1 fully saturated rings. The molecule has 6 nitrogen and oxygen atoms in total. The van der Waals surface area contributed by atoms with Crippen molar-refractivity contribution >= 4 is 17.9 Å². The Hall–Kier alpha value is -2.37. The van der Waals surface area contributed by atoms with Crippen LogP contribution in [0.5, 0.6) is 0 Å². The second kappa shape index (κ2) is 4.96. The molecule has 6 heteroatoms. The van der Waals surface area contributed by atoms with E-state index in [4.69, 9.17) is 5.11 Å². The number of aryl methyl sites for hydroxylation is 2. The summed E-state index contributed by atoms with van der Waals surface area (Å²) < 4.78 is 0. The van der Waals surface area contributed by atoms with Crippen LogP contribution in [0.25, 0.3) is 0 Å². The average molecular weight is 276 g/mol. The SMILES string of the molecule is Cc1ccc(C2(CCC(=O)O)NC(=O)NC2=O)c(C)c1. The third-order valence-electron chi connectivity index (χ3n) is 3.50. The molecule has 20 heavy (non-hydrogen) atoms. The van der Waals surface area contributed by atoms with Gasteiger partial charge in [0.15, 0.2) is 0 Å². The molecule has 0 radical (unpaired) electrons. The van der Waals surface area contributed by atoms with Crippen LogP contribution in [-0.2, 0) is 15.1 Å². The number of amides is 3. The minimum Gasteiger partial charge on any atom is -0.481 e. The van der Waals surface area contributed by atoms with Gasteiger partial charge in [-0.05, 0) is 31.4 Å². The topological polar surface area (TPSA) is 95.5 Å². The molecule has 3 N–H and O–H groups in total. The van der Waals surface area contributed by atoms with Crippen LogP contribution in [0.15, 0.2) is 18.2 Å². The van der Waals surface area contributed by atoms with Crippen LogP contribution in [0.2, 0.25) is 0 Å². The van der Waals surface area contributed by atoms with Gasteiger partial charge in [0.25, 0.3) is 5.91 Å². The highest BCUT2D eigenvalue weighted by Gasteiger charge is 2.48. The summed E-state index contributed by atoms with van der Waals surface area (Å²) in [4.78, 5) is 34.5. The molecule has 1 heterocycles. The summed E-state index contributed by atoms with van der Waals surface area (Å²) in [6.07, 6.45) is -0.190. The normalized spacial score (nSPS) is 21.5. The van der Waals surface area contributed by atoms with Crippen molar-refractivity contribution in [1.29, 1.82) is 0 Å². The Balaban J connectivity index is 2.48. The summed E-state index contributed by atoms with van der Waals surface area (Å²) in [6, 6.07) is 4.90. The number of aliphatic carboxylic acids is 1. The van der Waals surface area contributed by atoms with Gasteiger partial charge in [-0.3, -0.25) is 14.9 Å². The van der Waals surface area contributed by atoms with E-state index in [1.807, 2.05) is 26.0 Å². The smallest absolute Gasteiger partial charge is 0.322 e. The molecule has 2 rings (SSSR count). The fourth-order valence-corrected chi connectivity index (χ4v) is 2.58. The standard InChI is InChI=1S/C14H16N2O4/c1-8-3-4-10(9(2)7-8)14(6-5-11(17)18)12(19)15-13(20)16-14/h3-4,7H,5-6H2,1-2H3,(H,17,18)(H2,15,16,19,20). The van der Waals surface area contributed by atoms with E-state index in [0.717, 1.165) is 11.1 Å². The lowest BCUT2D eigenvalue weighted by molar-refractivity contribution is -0.137. The highest BCUT2D eigenvalue weighted by Crippen LogP contribution is 2.32. The van der Waals surface area contributed by atoms with Crippen LogP contribution in [0.3, 0.4) is 0 Å².